The van der Waals surface area contributed by atoms with E-state index < -0.39 is 0 Å². The molecule has 22 heavy (non-hydrogen) atoms. The van der Waals surface area contributed by atoms with Crippen molar-refractivity contribution in [2.45, 2.75) is 32.0 Å². The van der Waals surface area contributed by atoms with E-state index in [1.165, 1.54) is 11.3 Å². The predicted molar refractivity (Wildman–Crippen MR) is 85.4 cm³/mol. The van der Waals surface area contributed by atoms with Gasteiger partial charge in [0.05, 0.1) is 6.54 Å². The lowest BCUT2D eigenvalue weighted by molar-refractivity contribution is -0.136. The fourth-order valence-electron chi connectivity index (χ4n) is 2.72. The van der Waals surface area contributed by atoms with E-state index in [1.807, 2.05) is 17.0 Å². The van der Waals surface area contributed by atoms with Crippen LogP contribution in [-0.4, -0.2) is 35.1 Å². The summed E-state index contributed by atoms with van der Waals surface area (Å²) in [5, 5.41) is 0. The molecule has 1 amide bonds. The molecule has 3 rings (SSSR count). The van der Waals surface area contributed by atoms with Gasteiger partial charge in [-0.15, -0.1) is 0 Å². The number of hydrogen-bond acceptors (Lipinski definition) is 2. The summed E-state index contributed by atoms with van der Waals surface area (Å²) in [6, 6.07) is 14.9. The van der Waals surface area contributed by atoms with E-state index >= 15 is 0 Å². The van der Waals surface area contributed by atoms with Crippen LogP contribution in [-0.2, 0) is 22.6 Å². The predicted octanol–water partition coefficient (Wildman–Crippen LogP) is 2.67. The first-order chi connectivity index (χ1) is 10.8. The zero-order valence-electron chi connectivity index (χ0n) is 12.9. The summed E-state index contributed by atoms with van der Waals surface area (Å²) in [5.41, 5.74) is 2.43. The molecule has 1 fully saturated rings. The smallest absolute Gasteiger partial charge is 0.249 e. The summed E-state index contributed by atoms with van der Waals surface area (Å²) in [7, 11) is 1.57. The summed E-state index contributed by atoms with van der Waals surface area (Å²) < 4.78 is 7.22. The highest BCUT2D eigenvalue weighted by Gasteiger charge is 2.32. The molecule has 0 unspecified atom stereocenters. The Bertz CT molecular complexity index is 617. The quantitative estimate of drug-likeness (QED) is 0.787. The van der Waals surface area contributed by atoms with Gasteiger partial charge in [0.15, 0.2) is 0 Å². The average molecular weight is 298 g/mol. The molecule has 4 nitrogen and oxygen atoms in total. The van der Waals surface area contributed by atoms with Crippen molar-refractivity contribution in [3.8, 4) is 0 Å². The van der Waals surface area contributed by atoms with E-state index in [2.05, 4.69) is 41.1 Å². The van der Waals surface area contributed by atoms with E-state index in [0.717, 1.165) is 19.4 Å². The second-order valence-electron chi connectivity index (χ2n) is 5.80. The second kappa shape index (κ2) is 6.79. The van der Waals surface area contributed by atoms with E-state index in [-0.39, 0.29) is 12.5 Å². The number of amides is 1. The minimum Gasteiger partial charge on any atom is -0.375 e. The Balaban J connectivity index is 1.72. The molecule has 2 aromatic rings. The van der Waals surface area contributed by atoms with Gasteiger partial charge < -0.3 is 14.2 Å². The molecule has 0 aliphatic heterocycles. The zero-order valence-corrected chi connectivity index (χ0v) is 12.9. The molecular formula is C18H22N2O2. The van der Waals surface area contributed by atoms with Gasteiger partial charge in [0.1, 0.15) is 6.61 Å². The highest BCUT2D eigenvalue weighted by molar-refractivity contribution is 5.78. The van der Waals surface area contributed by atoms with Gasteiger partial charge in [0.2, 0.25) is 5.91 Å². The molecule has 0 atom stereocenters. The van der Waals surface area contributed by atoms with Gasteiger partial charge in [-0.3, -0.25) is 4.79 Å². The fraction of sp³-hybridized carbons (Fsp3) is 0.389. The zero-order chi connectivity index (χ0) is 15.4. The summed E-state index contributed by atoms with van der Waals surface area (Å²) >= 11 is 0. The number of carbonyl (C=O) groups excluding carboxylic acids is 1. The van der Waals surface area contributed by atoms with E-state index in [9.17, 15) is 4.79 Å². The molecule has 1 aliphatic carbocycles. The third-order valence-corrected chi connectivity index (χ3v) is 4.03. The maximum atomic E-state index is 12.2. The minimum atomic E-state index is 0.0810. The maximum Gasteiger partial charge on any atom is 0.249 e. The van der Waals surface area contributed by atoms with Gasteiger partial charge >= 0.3 is 0 Å². The first-order valence-corrected chi connectivity index (χ1v) is 7.74. The lowest BCUT2D eigenvalue weighted by atomic mass is 10.2. The van der Waals surface area contributed by atoms with Crippen LogP contribution in [0.2, 0.25) is 0 Å². The van der Waals surface area contributed by atoms with Crippen LogP contribution >= 0.6 is 0 Å². The van der Waals surface area contributed by atoms with Gasteiger partial charge in [-0.2, -0.15) is 0 Å². The van der Waals surface area contributed by atoms with Crippen molar-refractivity contribution in [1.82, 2.24) is 9.47 Å². The number of benzene rings is 1. The molecule has 1 heterocycles. The molecule has 1 aliphatic rings. The van der Waals surface area contributed by atoms with Crippen LogP contribution in [0, 0.1) is 0 Å². The van der Waals surface area contributed by atoms with Crippen molar-refractivity contribution in [3.63, 3.8) is 0 Å². The monoisotopic (exact) mass is 298 g/mol. The summed E-state index contributed by atoms with van der Waals surface area (Å²) in [5.74, 6) is 0.0810. The topological polar surface area (TPSA) is 34.5 Å². The van der Waals surface area contributed by atoms with Crippen LogP contribution in [0.15, 0.2) is 48.7 Å². The maximum absolute atomic E-state index is 12.2. The number of carbonyl (C=O) groups is 1. The average Bonchev–Trinajstić information content (AvgIpc) is 3.28. The Morgan fingerprint density at radius 2 is 2.00 bits per heavy atom. The van der Waals surface area contributed by atoms with Crippen molar-refractivity contribution >= 4 is 5.91 Å². The third kappa shape index (κ3) is 3.57. The Morgan fingerprint density at radius 1 is 1.23 bits per heavy atom. The first-order valence-electron chi connectivity index (χ1n) is 7.74. The lowest BCUT2D eigenvalue weighted by Gasteiger charge is -2.23. The minimum absolute atomic E-state index is 0.0810. The molecular weight excluding hydrogens is 276 g/mol. The first kappa shape index (κ1) is 14.9. The molecule has 0 saturated heterocycles. The Morgan fingerprint density at radius 3 is 2.68 bits per heavy atom. The molecule has 4 heteroatoms. The highest BCUT2D eigenvalue weighted by Crippen LogP contribution is 2.28. The van der Waals surface area contributed by atoms with Crippen molar-refractivity contribution in [3.05, 3.63) is 59.9 Å². The van der Waals surface area contributed by atoms with Gasteiger partial charge in [0.25, 0.3) is 0 Å². The van der Waals surface area contributed by atoms with Crippen LogP contribution in [0.1, 0.15) is 24.1 Å². The van der Waals surface area contributed by atoms with Crippen LogP contribution < -0.4 is 0 Å². The standard InChI is InChI=1S/C18H22N2O2/c1-22-14-18(21)20(16-9-10-16)13-17-8-5-11-19(17)12-15-6-3-2-4-7-15/h2-8,11,16H,9-10,12-14H2,1H3. The van der Waals surface area contributed by atoms with Gasteiger partial charge in [-0.25, -0.2) is 0 Å². The molecule has 1 saturated carbocycles. The molecule has 1 aromatic heterocycles. The van der Waals surface area contributed by atoms with Crippen LogP contribution in [0.4, 0.5) is 0 Å². The van der Waals surface area contributed by atoms with Crippen LogP contribution in [0.3, 0.4) is 0 Å². The van der Waals surface area contributed by atoms with Crippen LogP contribution in [0.25, 0.3) is 0 Å². The highest BCUT2D eigenvalue weighted by atomic mass is 16.5. The number of ether oxygens (including phenoxy) is 1. The second-order valence-corrected chi connectivity index (χ2v) is 5.80. The van der Waals surface area contributed by atoms with Crippen molar-refractivity contribution in [2.75, 3.05) is 13.7 Å². The molecule has 0 spiro atoms. The van der Waals surface area contributed by atoms with E-state index in [4.69, 9.17) is 4.74 Å². The largest absolute Gasteiger partial charge is 0.375 e. The molecule has 0 radical (unpaired) electrons. The number of nitrogens with zero attached hydrogens (tertiary/aromatic N) is 2. The van der Waals surface area contributed by atoms with Crippen molar-refractivity contribution < 1.29 is 9.53 Å². The summed E-state index contributed by atoms with van der Waals surface area (Å²) in [6.07, 6.45) is 4.29. The molecule has 0 N–H and O–H groups in total. The Labute approximate surface area is 131 Å². The van der Waals surface area contributed by atoms with Gasteiger partial charge in [-0.05, 0) is 30.5 Å². The van der Waals surface area contributed by atoms with Gasteiger partial charge in [0, 0.05) is 31.6 Å². The Hall–Kier alpha value is -2.07. The number of methoxy groups -OCH3 is 1. The summed E-state index contributed by atoms with van der Waals surface area (Å²) in [4.78, 5) is 14.2. The van der Waals surface area contributed by atoms with E-state index in [1.54, 1.807) is 7.11 Å². The fourth-order valence-corrected chi connectivity index (χ4v) is 2.72. The van der Waals surface area contributed by atoms with Gasteiger partial charge in [-0.1, -0.05) is 30.3 Å². The van der Waals surface area contributed by atoms with E-state index in [0.29, 0.717) is 12.6 Å². The SMILES string of the molecule is COCC(=O)N(Cc1cccn1Cc1ccccc1)C1CC1. The summed E-state index contributed by atoms with van der Waals surface area (Å²) in [6.45, 7) is 1.66. The number of rotatable bonds is 7. The number of aromatic nitrogens is 1. The lowest BCUT2D eigenvalue weighted by Crippen LogP contribution is -2.35. The molecule has 0 bridgehead atoms. The normalized spacial score (nSPS) is 14.0. The number of hydrogen-bond donors (Lipinski definition) is 0. The van der Waals surface area contributed by atoms with Crippen molar-refractivity contribution in [1.29, 1.82) is 0 Å². The molecule has 1 aromatic carbocycles. The van der Waals surface area contributed by atoms with Crippen LogP contribution in [0.5, 0.6) is 0 Å². The Kier molecular flexibility index (Phi) is 4.59. The third-order valence-electron chi connectivity index (χ3n) is 4.03. The van der Waals surface area contributed by atoms with Crippen molar-refractivity contribution in [2.24, 2.45) is 0 Å². The molecule has 116 valence electrons.